The lowest BCUT2D eigenvalue weighted by Gasteiger charge is -2.08. The van der Waals surface area contributed by atoms with E-state index in [0.29, 0.717) is 17.9 Å². The summed E-state index contributed by atoms with van der Waals surface area (Å²) < 4.78 is 42.9. The minimum absolute atomic E-state index is 0.0783. The van der Waals surface area contributed by atoms with Crippen molar-refractivity contribution in [1.82, 2.24) is 0 Å². The smallest absolute Gasteiger partial charge is 0.416 e. The van der Waals surface area contributed by atoms with Crippen LogP contribution in [0, 0.1) is 5.92 Å². The number of benzene rings is 2. The van der Waals surface area contributed by atoms with Gasteiger partial charge in [-0.25, -0.2) is 0 Å². The number of nitrogens with two attached hydrogens (primary N) is 1. The number of carbonyl (C=O) groups is 2. The predicted octanol–water partition coefficient (Wildman–Crippen LogP) is 3.31. The molecule has 0 saturated heterocycles. The van der Waals surface area contributed by atoms with Crippen LogP contribution in [0.4, 0.5) is 18.9 Å². The Morgan fingerprint density at radius 2 is 1.70 bits per heavy atom. The van der Waals surface area contributed by atoms with E-state index in [1.165, 1.54) is 12.1 Å². The Morgan fingerprint density at radius 3 is 2.26 bits per heavy atom. The lowest BCUT2D eigenvalue weighted by Crippen LogP contribution is -2.20. The number of halogens is 3. The van der Waals surface area contributed by atoms with Crippen LogP contribution in [0.2, 0.25) is 0 Å². The average Bonchev–Trinajstić information content (AvgIpc) is 3.41. The van der Waals surface area contributed by atoms with Gasteiger partial charge < -0.3 is 15.8 Å². The first-order valence-corrected chi connectivity index (χ1v) is 8.23. The lowest BCUT2D eigenvalue weighted by molar-refractivity contribution is -0.137. The molecule has 0 bridgehead atoms. The van der Waals surface area contributed by atoms with Crippen molar-refractivity contribution in [1.29, 1.82) is 0 Å². The van der Waals surface area contributed by atoms with Crippen LogP contribution >= 0.6 is 0 Å². The number of alkyl halides is 3. The number of ether oxygens (including phenoxy) is 1. The second kappa shape index (κ2) is 7.30. The molecule has 0 radical (unpaired) electrons. The monoisotopic (exact) mass is 378 g/mol. The quantitative estimate of drug-likeness (QED) is 0.809. The number of carbonyl (C=O) groups excluding carboxylic acids is 2. The Bertz CT molecular complexity index is 833. The van der Waals surface area contributed by atoms with Gasteiger partial charge in [0.05, 0.1) is 5.56 Å². The highest BCUT2D eigenvalue weighted by Gasteiger charge is 2.44. The maximum atomic E-state index is 12.6. The van der Waals surface area contributed by atoms with Crippen LogP contribution in [0.5, 0.6) is 5.75 Å². The molecule has 1 saturated carbocycles. The van der Waals surface area contributed by atoms with Crippen LogP contribution in [0.25, 0.3) is 0 Å². The van der Waals surface area contributed by atoms with E-state index in [2.05, 4.69) is 5.32 Å². The highest BCUT2D eigenvalue weighted by Crippen LogP contribution is 2.48. The summed E-state index contributed by atoms with van der Waals surface area (Å²) in [6, 6.07) is 11.4. The second-order valence-electron chi connectivity index (χ2n) is 6.34. The first kappa shape index (κ1) is 18.8. The summed E-state index contributed by atoms with van der Waals surface area (Å²) in [5.41, 5.74) is 5.57. The van der Waals surface area contributed by atoms with E-state index in [9.17, 15) is 22.8 Å². The molecule has 2 atom stereocenters. The lowest BCUT2D eigenvalue weighted by atomic mass is 10.1. The number of anilines is 1. The predicted molar refractivity (Wildman–Crippen MR) is 92.1 cm³/mol. The third kappa shape index (κ3) is 4.78. The molecule has 1 aliphatic rings. The van der Waals surface area contributed by atoms with Gasteiger partial charge in [0, 0.05) is 11.6 Å². The van der Waals surface area contributed by atoms with Gasteiger partial charge in [-0.05, 0) is 54.3 Å². The molecule has 2 aromatic carbocycles. The van der Waals surface area contributed by atoms with E-state index in [1.807, 2.05) is 0 Å². The van der Waals surface area contributed by atoms with Crippen LogP contribution in [0.15, 0.2) is 48.5 Å². The van der Waals surface area contributed by atoms with Crippen LogP contribution in [0.1, 0.15) is 23.5 Å². The molecule has 5 nitrogen and oxygen atoms in total. The van der Waals surface area contributed by atoms with Gasteiger partial charge in [0.1, 0.15) is 5.75 Å². The van der Waals surface area contributed by atoms with Crippen molar-refractivity contribution < 1.29 is 27.5 Å². The number of hydrogen-bond donors (Lipinski definition) is 2. The summed E-state index contributed by atoms with van der Waals surface area (Å²) in [6.07, 6.45) is -3.77. The van der Waals surface area contributed by atoms with Crippen LogP contribution < -0.4 is 15.8 Å². The number of rotatable bonds is 6. The molecule has 1 fully saturated rings. The van der Waals surface area contributed by atoms with Crippen LogP contribution in [-0.2, 0) is 15.8 Å². The standard InChI is InChI=1S/C19H17F3N2O3/c20-19(21,22)12-3-1-11(2-4-12)15-9-16(15)18(26)24-13-5-7-14(8-6-13)27-10-17(23)25/h1-8,15-16H,9-10H2,(H2,23,25)(H,24,26). The van der Waals surface area contributed by atoms with Crippen molar-refractivity contribution in [2.75, 3.05) is 11.9 Å². The molecule has 1 aliphatic carbocycles. The van der Waals surface area contributed by atoms with Gasteiger partial charge in [0.25, 0.3) is 5.91 Å². The molecule has 27 heavy (non-hydrogen) atoms. The zero-order valence-electron chi connectivity index (χ0n) is 14.1. The summed E-state index contributed by atoms with van der Waals surface area (Å²) >= 11 is 0. The molecule has 0 spiro atoms. The van der Waals surface area contributed by atoms with Gasteiger partial charge in [-0.1, -0.05) is 12.1 Å². The fourth-order valence-corrected chi connectivity index (χ4v) is 2.80. The first-order valence-electron chi connectivity index (χ1n) is 8.23. The molecule has 142 valence electrons. The summed E-state index contributed by atoms with van der Waals surface area (Å²) in [6.45, 7) is -0.234. The van der Waals surface area contributed by atoms with Crippen molar-refractivity contribution in [3.8, 4) is 5.75 Å². The van der Waals surface area contributed by atoms with Crippen molar-refractivity contribution in [3.05, 3.63) is 59.7 Å². The molecular weight excluding hydrogens is 361 g/mol. The summed E-state index contributed by atoms with van der Waals surface area (Å²) in [7, 11) is 0. The number of amides is 2. The maximum Gasteiger partial charge on any atom is 0.416 e. The first-order chi connectivity index (χ1) is 12.7. The zero-order valence-corrected chi connectivity index (χ0v) is 14.1. The highest BCUT2D eigenvalue weighted by molar-refractivity contribution is 5.95. The Labute approximate surface area is 153 Å². The molecule has 3 N–H and O–H groups in total. The van der Waals surface area contributed by atoms with Crippen molar-refractivity contribution in [2.24, 2.45) is 11.7 Å². The summed E-state index contributed by atoms with van der Waals surface area (Å²) in [5.74, 6) is -0.681. The van der Waals surface area contributed by atoms with Gasteiger partial charge in [-0.15, -0.1) is 0 Å². The van der Waals surface area contributed by atoms with Crippen molar-refractivity contribution in [2.45, 2.75) is 18.5 Å². The van der Waals surface area contributed by atoms with E-state index in [0.717, 1.165) is 17.7 Å². The molecule has 8 heteroatoms. The fourth-order valence-electron chi connectivity index (χ4n) is 2.80. The topological polar surface area (TPSA) is 81.4 Å². The number of nitrogens with one attached hydrogen (secondary N) is 1. The zero-order chi connectivity index (χ0) is 19.6. The minimum atomic E-state index is -4.37. The van der Waals surface area contributed by atoms with Gasteiger partial charge in [-0.2, -0.15) is 13.2 Å². The third-order valence-electron chi connectivity index (χ3n) is 4.30. The largest absolute Gasteiger partial charge is 0.484 e. The van der Waals surface area contributed by atoms with E-state index < -0.39 is 17.6 Å². The van der Waals surface area contributed by atoms with E-state index in [1.54, 1.807) is 24.3 Å². The third-order valence-corrected chi connectivity index (χ3v) is 4.30. The normalized spacial score (nSPS) is 18.6. The Morgan fingerprint density at radius 1 is 1.07 bits per heavy atom. The summed E-state index contributed by atoms with van der Waals surface area (Å²) in [4.78, 5) is 23.0. The van der Waals surface area contributed by atoms with Crippen LogP contribution in [0.3, 0.4) is 0 Å². The average molecular weight is 378 g/mol. The SMILES string of the molecule is NC(=O)COc1ccc(NC(=O)C2CC2c2ccc(C(F)(F)F)cc2)cc1. The molecule has 2 unspecified atom stereocenters. The minimum Gasteiger partial charge on any atom is -0.484 e. The van der Waals surface area contributed by atoms with Crippen molar-refractivity contribution >= 4 is 17.5 Å². The fraction of sp³-hybridized carbons (Fsp3) is 0.263. The Balaban J connectivity index is 1.55. The van der Waals surface area contributed by atoms with Gasteiger partial charge in [0.15, 0.2) is 6.61 Å². The van der Waals surface area contributed by atoms with E-state index in [4.69, 9.17) is 10.5 Å². The molecule has 2 amide bonds. The van der Waals surface area contributed by atoms with Gasteiger partial charge in [-0.3, -0.25) is 9.59 Å². The van der Waals surface area contributed by atoms with Crippen LogP contribution in [-0.4, -0.2) is 18.4 Å². The maximum absolute atomic E-state index is 12.6. The highest BCUT2D eigenvalue weighted by atomic mass is 19.4. The van der Waals surface area contributed by atoms with E-state index >= 15 is 0 Å². The molecular formula is C19H17F3N2O3. The van der Waals surface area contributed by atoms with E-state index in [-0.39, 0.29) is 24.3 Å². The van der Waals surface area contributed by atoms with Gasteiger partial charge >= 0.3 is 6.18 Å². The second-order valence-corrected chi connectivity index (χ2v) is 6.34. The number of primary amides is 1. The number of hydrogen-bond acceptors (Lipinski definition) is 3. The molecule has 2 aromatic rings. The molecule has 0 aromatic heterocycles. The Kier molecular flexibility index (Phi) is 5.07. The molecule has 3 rings (SSSR count). The van der Waals surface area contributed by atoms with Gasteiger partial charge in [0.2, 0.25) is 5.91 Å². The molecule has 0 aliphatic heterocycles. The Hall–Kier alpha value is -3.03. The molecule has 0 heterocycles. The summed E-state index contributed by atoms with van der Waals surface area (Å²) in [5, 5.41) is 2.77. The van der Waals surface area contributed by atoms with Crippen molar-refractivity contribution in [3.63, 3.8) is 0 Å².